The van der Waals surface area contributed by atoms with Crippen LogP contribution in [-0.4, -0.2) is 37.9 Å². The quantitative estimate of drug-likeness (QED) is 0.527. The van der Waals surface area contributed by atoms with Crippen LogP contribution in [0.2, 0.25) is 0 Å². The smallest absolute Gasteiger partial charge is 0.407 e. The van der Waals surface area contributed by atoms with Crippen LogP contribution in [0.1, 0.15) is 26.7 Å². The van der Waals surface area contributed by atoms with Gasteiger partial charge in [0.1, 0.15) is 6.04 Å². The van der Waals surface area contributed by atoms with E-state index in [1.807, 2.05) is 6.92 Å². The fourth-order valence-corrected chi connectivity index (χ4v) is 0.950. The molecule has 7 heteroatoms. The molecule has 3 N–H and O–H groups in total. The molecule has 1 atom stereocenters. The molecule has 0 saturated carbocycles. The Labute approximate surface area is 108 Å². The molecule has 17 heavy (non-hydrogen) atoms. The third-order valence-corrected chi connectivity index (χ3v) is 1.83. The summed E-state index contributed by atoms with van der Waals surface area (Å²) in [7, 11) is 0. The van der Waals surface area contributed by atoms with Crippen molar-refractivity contribution in [2.24, 2.45) is 5.73 Å². The zero-order valence-electron chi connectivity index (χ0n) is 10.2. The van der Waals surface area contributed by atoms with Crippen LogP contribution in [0.15, 0.2) is 0 Å². The van der Waals surface area contributed by atoms with Crippen molar-refractivity contribution in [2.75, 3.05) is 19.8 Å². The molecule has 0 aromatic rings. The fraction of sp³-hybridized carbons (Fsp3) is 0.800. The van der Waals surface area contributed by atoms with Crippen molar-refractivity contribution in [3.63, 3.8) is 0 Å². The van der Waals surface area contributed by atoms with Crippen molar-refractivity contribution in [1.82, 2.24) is 5.32 Å². The molecule has 0 aliphatic rings. The van der Waals surface area contributed by atoms with Crippen molar-refractivity contribution in [3.8, 4) is 0 Å². The molecule has 6 nitrogen and oxygen atoms in total. The molecule has 0 saturated heterocycles. The first-order valence-electron chi connectivity index (χ1n) is 5.45. The first kappa shape index (κ1) is 18.4. The second-order valence-corrected chi connectivity index (χ2v) is 3.17. The number of esters is 1. The highest BCUT2D eigenvalue weighted by molar-refractivity contribution is 5.85. The van der Waals surface area contributed by atoms with Crippen LogP contribution < -0.4 is 11.1 Å². The molecular weight excluding hydrogens is 248 g/mol. The van der Waals surface area contributed by atoms with Crippen LogP contribution in [-0.2, 0) is 14.3 Å². The number of nitrogens with one attached hydrogen (secondary N) is 1. The Morgan fingerprint density at radius 1 is 1.29 bits per heavy atom. The molecule has 0 fully saturated rings. The number of halogens is 1. The van der Waals surface area contributed by atoms with E-state index in [0.717, 1.165) is 12.8 Å². The summed E-state index contributed by atoms with van der Waals surface area (Å²) < 4.78 is 9.56. The van der Waals surface area contributed by atoms with Crippen molar-refractivity contribution < 1.29 is 19.1 Å². The largest absolute Gasteiger partial charge is 0.464 e. The zero-order chi connectivity index (χ0) is 12.4. The Morgan fingerprint density at radius 3 is 2.41 bits per heavy atom. The van der Waals surface area contributed by atoms with Crippen LogP contribution in [0.4, 0.5) is 4.79 Å². The normalized spacial score (nSPS) is 11.0. The summed E-state index contributed by atoms with van der Waals surface area (Å²) in [6.45, 7) is 4.25. The van der Waals surface area contributed by atoms with Crippen molar-refractivity contribution in [1.29, 1.82) is 0 Å². The lowest BCUT2D eigenvalue weighted by Crippen LogP contribution is -2.46. The lowest BCUT2D eigenvalue weighted by molar-refractivity contribution is -0.145. The maximum Gasteiger partial charge on any atom is 0.407 e. The molecule has 0 aromatic carbocycles. The minimum absolute atomic E-state index is 0. The SMILES string of the molecule is CCCCOC(=O)N[C@@H](CN)C(=O)OCC.Cl. The highest BCUT2D eigenvalue weighted by Gasteiger charge is 2.20. The fourth-order valence-electron chi connectivity index (χ4n) is 0.950. The van der Waals surface area contributed by atoms with E-state index in [1.165, 1.54) is 0 Å². The highest BCUT2D eigenvalue weighted by atomic mass is 35.5. The Balaban J connectivity index is 0. The molecule has 0 aliphatic carbocycles. The van der Waals surface area contributed by atoms with Gasteiger partial charge >= 0.3 is 12.1 Å². The molecule has 0 aromatic heterocycles. The first-order valence-corrected chi connectivity index (χ1v) is 5.45. The molecule has 0 radical (unpaired) electrons. The topological polar surface area (TPSA) is 90.6 Å². The number of hydrogen-bond acceptors (Lipinski definition) is 5. The number of carbonyl (C=O) groups excluding carboxylic acids is 2. The lowest BCUT2D eigenvalue weighted by atomic mass is 10.3. The van der Waals surface area contributed by atoms with Gasteiger partial charge in [-0.15, -0.1) is 12.4 Å². The van der Waals surface area contributed by atoms with Crippen LogP contribution in [0.3, 0.4) is 0 Å². The molecular formula is C10H21ClN2O4. The van der Waals surface area contributed by atoms with Gasteiger partial charge in [-0.25, -0.2) is 9.59 Å². The average Bonchev–Trinajstić information content (AvgIpc) is 2.26. The predicted octanol–water partition coefficient (Wildman–Crippen LogP) is 0.825. The van der Waals surface area contributed by atoms with E-state index in [-0.39, 0.29) is 25.6 Å². The number of rotatable bonds is 7. The average molecular weight is 269 g/mol. The van der Waals surface area contributed by atoms with Crippen LogP contribution >= 0.6 is 12.4 Å². The maximum absolute atomic E-state index is 11.3. The minimum atomic E-state index is -0.839. The monoisotopic (exact) mass is 268 g/mol. The molecule has 0 bridgehead atoms. The van der Waals surface area contributed by atoms with Gasteiger partial charge in [0, 0.05) is 6.54 Å². The second-order valence-electron chi connectivity index (χ2n) is 3.17. The molecule has 0 spiro atoms. The number of amides is 1. The maximum atomic E-state index is 11.3. The van der Waals surface area contributed by atoms with Crippen LogP contribution in [0.25, 0.3) is 0 Å². The lowest BCUT2D eigenvalue weighted by Gasteiger charge is -2.14. The molecule has 0 aliphatic heterocycles. The van der Waals surface area contributed by atoms with Gasteiger partial charge in [0.05, 0.1) is 13.2 Å². The van der Waals surface area contributed by atoms with E-state index in [2.05, 4.69) is 5.32 Å². The van der Waals surface area contributed by atoms with Gasteiger partial charge in [0.15, 0.2) is 0 Å². The Bertz CT molecular complexity index is 226. The minimum Gasteiger partial charge on any atom is -0.464 e. The van der Waals surface area contributed by atoms with E-state index in [4.69, 9.17) is 15.2 Å². The van der Waals surface area contributed by atoms with E-state index < -0.39 is 18.1 Å². The number of unbranched alkanes of at least 4 members (excludes halogenated alkanes) is 1. The number of carbonyl (C=O) groups is 2. The summed E-state index contributed by atoms with van der Waals surface area (Å²) in [5.41, 5.74) is 5.34. The summed E-state index contributed by atoms with van der Waals surface area (Å²) in [5.74, 6) is -0.544. The zero-order valence-corrected chi connectivity index (χ0v) is 11.0. The van der Waals surface area contributed by atoms with Gasteiger partial charge in [-0.05, 0) is 13.3 Å². The highest BCUT2D eigenvalue weighted by Crippen LogP contribution is 1.92. The van der Waals surface area contributed by atoms with E-state index >= 15 is 0 Å². The van der Waals surface area contributed by atoms with Crippen LogP contribution in [0, 0.1) is 0 Å². The van der Waals surface area contributed by atoms with Gasteiger partial charge in [-0.3, -0.25) is 0 Å². The third kappa shape index (κ3) is 8.76. The Kier molecular flexibility index (Phi) is 12.4. The standard InChI is InChI=1S/C10H20N2O4.ClH/c1-3-5-6-16-10(14)12-8(7-11)9(13)15-4-2;/h8H,3-7,11H2,1-2H3,(H,12,14);1H/t8-;/m0./s1. The third-order valence-electron chi connectivity index (χ3n) is 1.83. The molecule has 0 heterocycles. The summed E-state index contributed by atoms with van der Waals surface area (Å²) in [5, 5.41) is 2.35. The number of ether oxygens (including phenoxy) is 2. The van der Waals surface area contributed by atoms with E-state index in [1.54, 1.807) is 6.92 Å². The Morgan fingerprint density at radius 2 is 1.94 bits per heavy atom. The second kappa shape index (κ2) is 11.5. The first-order chi connectivity index (χ1) is 7.65. The van der Waals surface area contributed by atoms with Crippen molar-refractivity contribution in [2.45, 2.75) is 32.7 Å². The van der Waals surface area contributed by atoms with Crippen molar-refractivity contribution >= 4 is 24.5 Å². The van der Waals surface area contributed by atoms with Crippen LogP contribution in [0.5, 0.6) is 0 Å². The molecule has 0 unspecified atom stereocenters. The van der Waals surface area contributed by atoms with Crippen molar-refractivity contribution in [3.05, 3.63) is 0 Å². The molecule has 0 rings (SSSR count). The van der Waals surface area contributed by atoms with Gasteiger partial charge < -0.3 is 20.5 Å². The molecule has 1 amide bonds. The van der Waals surface area contributed by atoms with Gasteiger partial charge in [0.2, 0.25) is 0 Å². The van der Waals surface area contributed by atoms with E-state index in [0.29, 0.717) is 6.61 Å². The predicted molar refractivity (Wildman–Crippen MR) is 66.1 cm³/mol. The summed E-state index contributed by atoms with van der Waals surface area (Å²) in [6, 6.07) is -0.839. The number of nitrogens with two attached hydrogens (primary N) is 1. The molecule has 102 valence electrons. The summed E-state index contributed by atoms with van der Waals surface area (Å²) in [4.78, 5) is 22.5. The van der Waals surface area contributed by atoms with Gasteiger partial charge in [-0.1, -0.05) is 13.3 Å². The summed E-state index contributed by atoms with van der Waals surface area (Å²) >= 11 is 0. The number of hydrogen-bond donors (Lipinski definition) is 2. The van der Waals surface area contributed by atoms with Gasteiger partial charge in [0.25, 0.3) is 0 Å². The Hall–Kier alpha value is -1.01. The summed E-state index contributed by atoms with van der Waals surface area (Å²) in [6.07, 6.45) is 1.09. The van der Waals surface area contributed by atoms with E-state index in [9.17, 15) is 9.59 Å². The number of alkyl carbamates (subject to hydrolysis) is 1. The van der Waals surface area contributed by atoms with Gasteiger partial charge in [-0.2, -0.15) is 0 Å².